The normalized spacial score (nSPS) is 13.1. The van der Waals surface area contributed by atoms with Crippen LogP contribution in [0.1, 0.15) is 34.1 Å². The molecule has 3 aromatic rings. The Morgan fingerprint density at radius 3 is 2.26 bits per heavy atom. The summed E-state index contributed by atoms with van der Waals surface area (Å²) in [6.07, 6.45) is 0.695. The zero-order valence-corrected chi connectivity index (χ0v) is 22.2. The molecule has 3 aromatic carbocycles. The van der Waals surface area contributed by atoms with Gasteiger partial charge < -0.3 is 15.4 Å². The van der Waals surface area contributed by atoms with Crippen molar-refractivity contribution in [2.24, 2.45) is 0 Å². The van der Waals surface area contributed by atoms with Gasteiger partial charge in [0.1, 0.15) is 10.7 Å². The summed E-state index contributed by atoms with van der Waals surface area (Å²) in [5.41, 5.74) is 1.21. The number of carbonyl (C=O) groups excluding carboxylic acids is 4. The summed E-state index contributed by atoms with van der Waals surface area (Å²) in [4.78, 5) is 51.7. The number of ether oxygens (including phenoxy) is 1. The summed E-state index contributed by atoms with van der Waals surface area (Å²) < 4.78 is 5.13. The average Bonchev–Trinajstić information content (AvgIpc) is 3.12. The first-order valence-corrected chi connectivity index (χ1v) is 12.5. The van der Waals surface area contributed by atoms with Crippen LogP contribution >= 0.6 is 34.8 Å². The molecule has 38 heavy (non-hydrogen) atoms. The van der Waals surface area contributed by atoms with E-state index in [9.17, 15) is 19.2 Å². The lowest BCUT2D eigenvalue weighted by molar-refractivity contribution is -0.120. The highest BCUT2D eigenvalue weighted by Gasteiger charge is 2.40. The number of hydrogen-bond donors (Lipinski definition) is 2. The van der Waals surface area contributed by atoms with Crippen molar-refractivity contribution in [2.75, 3.05) is 22.1 Å². The number of carbonyl (C=O) groups is 4. The van der Waals surface area contributed by atoms with E-state index in [1.807, 2.05) is 6.92 Å². The summed E-state index contributed by atoms with van der Waals surface area (Å²) >= 11 is 18.4. The number of rotatable bonds is 8. The van der Waals surface area contributed by atoms with Crippen molar-refractivity contribution in [3.05, 3.63) is 98.6 Å². The molecule has 0 spiro atoms. The molecule has 0 bridgehead atoms. The third-order valence-corrected chi connectivity index (χ3v) is 6.55. The number of esters is 1. The zero-order valence-electron chi connectivity index (χ0n) is 19.9. The molecule has 2 N–H and O–H groups in total. The van der Waals surface area contributed by atoms with Crippen LogP contribution in [0.25, 0.3) is 0 Å². The minimum Gasteiger partial charge on any atom is -0.462 e. The zero-order chi connectivity index (χ0) is 27.4. The van der Waals surface area contributed by atoms with Crippen molar-refractivity contribution in [3.63, 3.8) is 0 Å². The van der Waals surface area contributed by atoms with Crippen LogP contribution in [0.5, 0.6) is 0 Å². The number of halogens is 3. The van der Waals surface area contributed by atoms with Gasteiger partial charge in [-0.05, 0) is 55.0 Å². The van der Waals surface area contributed by atoms with E-state index >= 15 is 0 Å². The Labute approximate surface area is 233 Å². The molecule has 1 aliphatic rings. The van der Waals surface area contributed by atoms with Crippen molar-refractivity contribution in [3.8, 4) is 0 Å². The standard InChI is InChI=1S/C27H20Cl3N3O5/c1-2-12-38-27(37)16-7-4-9-18(14-16)32-24(34)15-6-3-8-17(13-15)31-23-22(30)25(35)33(26(23)36)20-11-5-10-19(28)21(20)29/h3-11,13-14,31H,2,12H2,1H3,(H,32,34). The topological polar surface area (TPSA) is 105 Å². The van der Waals surface area contributed by atoms with E-state index in [4.69, 9.17) is 39.5 Å². The number of amides is 3. The number of anilines is 3. The van der Waals surface area contributed by atoms with Gasteiger partial charge >= 0.3 is 5.97 Å². The highest BCUT2D eigenvalue weighted by atomic mass is 35.5. The molecule has 0 fully saturated rings. The van der Waals surface area contributed by atoms with Gasteiger partial charge in [0.2, 0.25) is 0 Å². The van der Waals surface area contributed by atoms with Crippen LogP contribution in [0.4, 0.5) is 17.1 Å². The molecule has 11 heteroatoms. The molecule has 0 radical (unpaired) electrons. The van der Waals surface area contributed by atoms with Gasteiger partial charge in [-0.1, -0.05) is 59.9 Å². The summed E-state index contributed by atoms with van der Waals surface area (Å²) in [5.74, 6) is -2.45. The van der Waals surface area contributed by atoms with Crippen molar-refractivity contribution in [2.45, 2.75) is 13.3 Å². The molecular weight excluding hydrogens is 553 g/mol. The summed E-state index contributed by atoms with van der Waals surface area (Å²) in [6, 6.07) is 17.2. The fraction of sp³-hybridized carbons (Fsp3) is 0.111. The second-order valence-electron chi connectivity index (χ2n) is 8.08. The maximum absolute atomic E-state index is 13.1. The van der Waals surface area contributed by atoms with Gasteiger partial charge in [-0.25, -0.2) is 9.69 Å². The number of imide groups is 1. The third kappa shape index (κ3) is 5.67. The van der Waals surface area contributed by atoms with Gasteiger partial charge in [-0.2, -0.15) is 0 Å². The molecular formula is C27H20Cl3N3O5. The van der Waals surface area contributed by atoms with Gasteiger partial charge in [0, 0.05) is 16.9 Å². The first-order chi connectivity index (χ1) is 18.2. The molecule has 0 atom stereocenters. The summed E-state index contributed by atoms with van der Waals surface area (Å²) in [5, 5.41) is 5.41. The Hall–Kier alpha value is -3.85. The lowest BCUT2D eigenvalue weighted by atomic mass is 10.1. The lowest BCUT2D eigenvalue weighted by Crippen LogP contribution is -2.32. The predicted octanol–water partition coefficient (Wildman–Crippen LogP) is 6.25. The second kappa shape index (κ2) is 11.7. The van der Waals surface area contributed by atoms with E-state index in [2.05, 4.69) is 10.6 Å². The van der Waals surface area contributed by atoms with Gasteiger partial charge in [-0.3, -0.25) is 14.4 Å². The lowest BCUT2D eigenvalue weighted by Gasteiger charge is -2.17. The van der Waals surface area contributed by atoms with Crippen molar-refractivity contribution < 1.29 is 23.9 Å². The van der Waals surface area contributed by atoms with Crippen molar-refractivity contribution >= 4 is 75.6 Å². The van der Waals surface area contributed by atoms with Crippen LogP contribution < -0.4 is 15.5 Å². The Morgan fingerprint density at radius 2 is 1.53 bits per heavy atom. The fourth-order valence-corrected chi connectivity index (χ4v) is 4.18. The molecule has 0 aliphatic carbocycles. The minimum atomic E-state index is -0.769. The van der Waals surface area contributed by atoms with Crippen molar-refractivity contribution in [1.82, 2.24) is 0 Å². The van der Waals surface area contributed by atoms with Gasteiger partial charge in [0.15, 0.2) is 0 Å². The quantitative estimate of drug-likeness (QED) is 0.244. The Kier molecular flexibility index (Phi) is 8.36. The molecule has 1 heterocycles. The maximum atomic E-state index is 13.1. The minimum absolute atomic E-state index is 0.0305. The first-order valence-electron chi connectivity index (χ1n) is 11.4. The van der Waals surface area contributed by atoms with Crippen LogP contribution in [-0.2, 0) is 14.3 Å². The first kappa shape index (κ1) is 27.2. The van der Waals surface area contributed by atoms with Gasteiger partial charge in [-0.15, -0.1) is 0 Å². The maximum Gasteiger partial charge on any atom is 0.338 e. The number of hydrogen-bond acceptors (Lipinski definition) is 6. The average molecular weight is 573 g/mol. The van der Waals surface area contributed by atoms with Crippen LogP contribution in [0.3, 0.4) is 0 Å². The Morgan fingerprint density at radius 1 is 0.868 bits per heavy atom. The van der Waals surface area contributed by atoms with Crippen LogP contribution in [-0.4, -0.2) is 30.3 Å². The fourth-order valence-electron chi connectivity index (χ4n) is 3.58. The smallest absolute Gasteiger partial charge is 0.338 e. The predicted molar refractivity (Wildman–Crippen MR) is 147 cm³/mol. The molecule has 8 nitrogen and oxygen atoms in total. The van der Waals surface area contributed by atoms with E-state index in [-0.39, 0.29) is 32.0 Å². The molecule has 0 aromatic heterocycles. The molecule has 4 rings (SSSR count). The van der Waals surface area contributed by atoms with Crippen LogP contribution in [0, 0.1) is 0 Å². The number of nitrogens with zero attached hydrogens (tertiary/aromatic N) is 1. The molecule has 1 aliphatic heterocycles. The highest BCUT2D eigenvalue weighted by Crippen LogP contribution is 2.37. The van der Waals surface area contributed by atoms with E-state index < -0.39 is 23.7 Å². The Balaban J connectivity index is 1.50. The number of benzene rings is 3. The Bertz CT molecular complexity index is 1490. The molecule has 3 amide bonds. The largest absolute Gasteiger partial charge is 0.462 e. The van der Waals surface area contributed by atoms with Crippen molar-refractivity contribution in [1.29, 1.82) is 0 Å². The van der Waals surface area contributed by atoms with E-state index in [1.54, 1.807) is 42.5 Å². The van der Waals surface area contributed by atoms with Crippen LogP contribution in [0.15, 0.2) is 77.5 Å². The van der Waals surface area contributed by atoms with E-state index in [0.717, 1.165) is 4.90 Å². The van der Waals surface area contributed by atoms with E-state index in [1.165, 1.54) is 24.3 Å². The number of nitrogens with one attached hydrogen (secondary N) is 2. The molecule has 0 saturated heterocycles. The monoisotopic (exact) mass is 571 g/mol. The second-order valence-corrected chi connectivity index (χ2v) is 9.25. The van der Waals surface area contributed by atoms with Crippen LogP contribution in [0.2, 0.25) is 10.0 Å². The van der Waals surface area contributed by atoms with Gasteiger partial charge in [0.05, 0.1) is 27.9 Å². The van der Waals surface area contributed by atoms with E-state index in [0.29, 0.717) is 30.0 Å². The highest BCUT2D eigenvalue weighted by molar-refractivity contribution is 6.54. The SMILES string of the molecule is CCCOC(=O)c1cccc(NC(=O)c2cccc(NC3=C(Cl)C(=O)N(c4cccc(Cl)c4Cl)C3=O)c2)c1. The third-order valence-electron chi connectivity index (χ3n) is 5.39. The summed E-state index contributed by atoms with van der Waals surface area (Å²) in [7, 11) is 0. The summed E-state index contributed by atoms with van der Waals surface area (Å²) in [6.45, 7) is 2.19. The molecule has 0 unspecified atom stereocenters. The molecule has 0 saturated carbocycles. The molecule has 194 valence electrons. The van der Waals surface area contributed by atoms with Gasteiger partial charge in [0.25, 0.3) is 17.7 Å².